The van der Waals surface area contributed by atoms with Crippen molar-refractivity contribution in [2.24, 2.45) is 0 Å². The Labute approximate surface area is 177 Å². The quantitative estimate of drug-likeness (QED) is 0.488. The number of aromatic nitrogens is 2. The molecule has 0 radical (unpaired) electrons. The van der Waals surface area contributed by atoms with Gasteiger partial charge < -0.3 is 20.9 Å². The van der Waals surface area contributed by atoms with Gasteiger partial charge in [0.2, 0.25) is 17.5 Å². The monoisotopic (exact) mass is 451 g/mol. The third-order valence-corrected chi connectivity index (χ3v) is 5.65. The highest BCUT2D eigenvalue weighted by Gasteiger charge is 2.40. The lowest BCUT2D eigenvalue weighted by Gasteiger charge is -2.11. The van der Waals surface area contributed by atoms with Gasteiger partial charge in [-0.1, -0.05) is 16.5 Å². The molecule has 12 heteroatoms. The number of thiazole rings is 1. The number of nitrogens with zero attached hydrogens (tertiary/aromatic N) is 2. The summed E-state index contributed by atoms with van der Waals surface area (Å²) in [4.78, 5) is 29.0. The molecule has 2 heterocycles. The van der Waals surface area contributed by atoms with E-state index in [0.29, 0.717) is 10.8 Å². The number of benzene rings is 1. The molecule has 1 saturated carbocycles. The molecular formula is C19H16F3N5O3S. The van der Waals surface area contributed by atoms with Crippen LogP contribution in [0.15, 0.2) is 34.9 Å². The Balaban J connectivity index is 1.44. The molecule has 0 spiro atoms. The lowest BCUT2D eigenvalue weighted by molar-refractivity contribution is 0.00709. The first-order valence-electron chi connectivity index (χ1n) is 9.19. The van der Waals surface area contributed by atoms with E-state index in [-0.39, 0.29) is 35.0 Å². The summed E-state index contributed by atoms with van der Waals surface area (Å²) in [5.41, 5.74) is 6.17. The molecule has 2 aromatic heterocycles. The summed E-state index contributed by atoms with van der Waals surface area (Å²) in [5.74, 6) is -4.85. The van der Waals surface area contributed by atoms with Crippen LogP contribution in [0.1, 0.15) is 45.2 Å². The first-order chi connectivity index (χ1) is 14.7. The van der Waals surface area contributed by atoms with Gasteiger partial charge in [0, 0.05) is 30.6 Å². The van der Waals surface area contributed by atoms with Crippen molar-refractivity contribution in [3.05, 3.63) is 52.5 Å². The van der Waals surface area contributed by atoms with Crippen molar-refractivity contribution in [3.63, 3.8) is 0 Å². The Morgan fingerprint density at radius 2 is 2.00 bits per heavy atom. The third kappa shape index (κ3) is 4.68. The van der Waals surface area contributed by atoms with Crippen LogP contribution in [-0.2, 0) is 0 Å². The topological polar surface area (TPSA) is 123 Å². The number of carbonyl (C=O) groups is 2. The molecule has 4 rings (SSSR count). The summed E-state index contributed by atoms with van der Waals surface area (Å²) in [5, 5.41) is 9.22. The van der Waals surface area contributed by atoms with E-state index in [1.807, 2.05) is 0 Å². The van der Waals surface area contributed by atoms with E-state index >= 15 is 0 Å². The molecule has 1 amide bonds. The molecule has 1 atom stereocenters. The number of ketones is 1. The van der Waals surface area contributed by atoms with Crippen molar-refractivity contribution < 1.29 is 27.3 Å². The van der Waals surface area contributed by atoms with Gasteiger partial charge in [0.15, 0.2) is 10.8 Å². The van der Waals surface area contributed by atoms with Crippen LogP contribution in [-0.4, -0.2) is 33.8 Å². The fraction of sp³-hybridized carbons (Fsp3) is 0.263. The number of halogens is 3. The predicted octanol–water partition coefficient (Wildman–Crippen LogP) is 3.74. The second-order valence-electron chi connectivity index (χ2n) is 7.04. The minimum Gasteiger partial charge on any atom is -0.382 e. The summed E-state index contributed by atoms with van der Waals surface area (Å²) >= 11 is 0.943. The maximum absolute atomic E-state index is 13.3. The van der Waals surface area contributed by atoms with Gasteiger partial charge in [0.05, 0.1) is 0 Å². The Morgan fingerprint density at radius 1 is 1.26 bits per heavy atom. The smallest absolute Gasteiger partial charge is 0.273 e. The van der Waals surface area contributed by atoms with Crippen LogP contribution in [0.25, 0.3) is 0 Å². The molecule has 162 valence electrons. The largest absolute Gasteiger partial charge is 0.382 e. The van der Waals surface area contributed by atoms with Crippen LogP contribution in [0, 0.1) is 5.82 Å². The number of amides is 1. The number of hydrogen-bond donors (Lipinski definition) is 3. The first-order valence-corrected chi connectivity index (χ1v) is 10.0. The zero-order valence-electron chi connectivity index (χ0n) is 15.8. The van der Waals surface area contributed by atoms with Gasteiger partial charge in [-0.25, -0.2) is 18.2 Å². The molecule has 1 aliphatic rings. The second kappa shape index (κ2) is 8.02. The van der Waals surface area contributed by atoms with E-state index in [1.54, 1.807) is 0 Å². The number of nitrogens with two attached hydrogens (primary N) is 1. The van der Waals surface area contributed by atoms with Crippen molar-refractivity contribution in [2.45, 2.75) is 31.2 Å². The molecule has 1 fully saturated rings. The molecule has 4 N–H and O–H groups in total. The minimum absolute atomic E-state index is 0.0585. The van der Waals surface area contributed by atoms with E-state index < -0.39 is 35.9 Å². The molecule has 1 aromatic carbocycles. The fourth-order valence-electron chi connectivity index (χ4n) is 3.14. The van der Waals surface area contributed by atoms with Gasteiger partial charge in [-0.3, -0.25) is 9.59 Å². The molecule has 31 heavy (non-hydrogen) atoms. The van der Waals surface area contributed by atoms with Crippen molar-refractivity contribution >= 4 is 39.7 Å². The van der Waals surface area contributed by atoms with Crippen LogP contribution in [0.3, 0.4) is 0 Å². The second-order valence-corrected chi connectivity index (χ2v) is 8.04. The van der Waals surface area contributed by atoms with Crippen molar-refractivity contribution in [1.82, 2.24) is 15.5 Å². The van der Waals surface area contributed by atoms with E-state index in [4.69, 9.17) is 10.3 Å². The van der Waals surface area contributed by atoms with Crippen LogP contribution in [0.4, 0.5) is 29.8 Å². The number of alkyl halides is 2. The number of hydrogen-bond acceptors (Lipinski definition) is 8. The van der Waals surface area contributed by atoms with Gasteiger partial charge in [0.25, 0.3) is 5.91 Å². The highest BCUT2D eigenvalue weighted by molar-refractivity contribution is 7.18. The molecule has 1 aliphatic carbocycles. The predicted molar refractivity (Wildman–Crippen MR) is 106 cm³/mol. The number of nitrogen functional groups attached to an aromatic ring is 1. The maximum Gasteiger partial charge on any atom is 0.273 e. The Kier molecular flexibility index (Phi) is 5.39. The lowest BCUT2D eigenvalue weighted by Crippen LogP contribution is -2.34. The van der Waals surface area contributed by atoms with Crippen molar-refractivity contribution in [2.75, 3.05) is 11.1 Å². The summed E-state index contributed by atoms with van der Waals surface area (Å²) in [6, 6.07) is 5.97. The van der Waals surface area contributed by atoms with E-state index in [1.165, 1.54) is 24.3 Å². The highest BCUT2D eigenvalue weighted by Crippen LogP contribution is 2.35. The minimum atomic E-state index is -2.80. The normalized spacial score (nSPS) is 17.5. The average molecular weight is 451 g/mol. The maximum atomic E-state index is 13.3. The van der Waals surface area contributed by atoms with Gasteiger partial charge in [-0.2, -0.15) is 0 Å². The molecule has 0 bridgehead atoms. The van der Waals surface area contributed by atoms with E-state index in [2.05, 4.69) is 20.8 Å². The lowest BCUT2D eigenvalue weighted by atomic mass is 10.2. The van der Waals surface area contributed by atoms with E-state index in [9.17, 15) is 22.8 Å². The van der Waals surface area contributed by atoms with Crippen molar-refractivity contribution in [1.29, 1.82) is 0 Å². The van der Waals surface area contributed by atoms with Crippen LogP contribution < -0.4 is 16.4 Å². The SMILES string of the molecule is Nc1nc(Nc2ccc(F)cc2)sc1C(=O)c1cc(C(=O)N[C@@H]2CCC(F)(F)C2)no1. The molecule has 0 aliphatic heterocycles. The Morgan fingerprint density at radius 3 is 2.68 bits per heavy atom. The summed E-state index contributed by atoms with van der Waals surface area (Å²) in [7, 11) is 0. The van der Waals surface area contributed by atoms with Crippen LogP contribution >= 0.6 is 11.3 Å². The zero-order valence-corrected chi connectivity index (χ0v) is 16.6. The summed E-state index contributed by atoms with van der Waals surface area (Å²) in [6.45, 7) is 0. The van der Waals surface area contributed by atoms with Gasteiger partial charge in [-0.15, -0.1) is 0 Å². The third-order valence-electron chi connectivity index (χ3n) is 4.66. The van der Waals surface area contributed by atoms with Gasteiger partial charge in [0.1, 0.15) is 16.5 Å². The number of carbonyl (C=O) groups excluding carboxylic acids is 2. The Bertz CT molecular complexity index is 1130. The van der Waals surface area contributed by atoms with Gasteiger partial charge >= 0.3 is 0 Å². The van der Waals surface area contributed by atoms with E-state index in [0.717, 1.165) is 17.4 Å². The number of nitrogens with one attached hydrogen (secondary N) is 2. The summed E-state index contributed by atoms with van der Waals surface area (Å²) in [6.07, 6.45) is -0.577. The van der Waals surface area contributed by atoms with Crippen molar-refractivity contribution in [3.8, 4) is 0 Å². The standard InChI is InChI=1S/C19H16F3N5O3S/c20-9-1-3-10(4-2-9)25-18-26-16(23)15(31-18)14(28)13-7-12(27-30-13)17(29)24-11-5-6-19(21,22)8-11/h1-4,7,11H,5-6,8,23H2,(H,24,29)(H,25,26)/t11-/m1/s1. The zero-order chi connectivity index (χ0) is 22.2. The van der Waals surface area contributed by atoms with Crippen LogP contribution in [0.2, 0.25) is 0 Å². The first kappa shape index (κ1) is 20.8. The highest BCUT2D eigenvalue weighted by atomic mass is 32.1. The number of rotatable bonds is 6. The fourth-order valence-corrected chi connectivity index (χ4v) is 3.99. The van der Waals surface area contributed by atoms with Gasteiger partial charge in [-0.05, 0) is 30.7 Å². The number of anilines is 3. The average Bonchev–Trinajstić information content (AvgIpc) is 3.42. The molecule has 0 saturated heterocycles. The molecule has 3 aromatic rings. The molecule has 8 nitrogen and oxygen atoms in total. The summed E-state index contributed by atoms with van der Waals surface area (Å²) < 4.78 is 44.5. The van der Waals surface area contributed by atoms with Crippen LogP contribution in [0.5, 0.6) is 0 Å². The molecule has 0 unspecified atom stereocenters. The molecular weight excluding hydrogens is 435 g/mol. The Hall–Kier alpha value is -3.41.